The van der Waals surface area contributed by atoms with E-state index < -0.39 is 35.3 Å². The van der Waals surface area contributed by atoms with Crippen LogP contribution in [-0.4, -0.2) is 18.7 Å². The highest BCUT2D eigenvalue weighted by molar-refractivity contribution is 7.12. The molecule has 0 aliphatic rings. The molecule has 0 radical (unpaired) electrons. The Morgan fingerprint density at radius 2 is 1.75 bits per heavy atom. The summed E-state index contributed by atoms with van der Waals surface area (Å²) in [5.74, 6) is -1.38. The number of anilines is 1. The maximum absolute atomic E-state index is 12.8. The Bertz CT molecular complexity index is 723. The Hall–Kier alpha value is -2.23. The first-order chi connectivity index (χ1) is 11.1. The van der Waals surface area contributed by atoms with E-state index in [0.29, 0.717) is 11.3 Å². The summed E-state index contributed by atoms with van der Waals surface area (Å²) >= 11 is 0.574. The lowest BCUT2D eigenvalue weighted by molar-refractivity contribution is -0.153. The number of carbonyl (C=O) groups is 1. The molecular formula is C14H9F6NO2S. The number of nitrogens with one attached hydrogen (secondary N) is 1. The van der Waals surface area contributed by atoms with Gasteiger partial charge < -0.3 is 10.1 Å². The molecule has 1 amide bonds. The van der Waals surface area contributed by atoms with Gasteiger partial charge in [-0.3, -0.25) is 4.79 Å². The van der Waals surface area contributed by atoms with Crippen molar-refractivity contribution in [1.82, 2.24) is 0 Å². The number of halogens is 6. The number of thiophene rings is 1. The standard InChI is InChI=1S/C14H9F6NO2S/c15-13(16,17)7-23-10-4-2-1-3-9(10)21-12(22)11-8(5-6-24-11)14(18,19)20/h1-6H,7H2,(H,21,22). The largest absolute Gasteiger partial charge is 0.482 e. The van der Waals surface area contributed by atoms with Crippen molar-refractivity contribution < 1.29 is 35.9 Å². The molecule has 2 rings (SSSR count). The van der Waals surface area contributed by atoms with Crippen LogP contribution in [-0.2, 0) is 6.18 Å². The topological polar surface area (TPSA) is 38.3 Å². The van der Waals surface area contributed by atoms with Crippen molar-refractivity contribution in [1.29, 1.82) is 0 Å². The SMILES string of the molecule is O=C(Nc1ccccc1OCC(F)(F)F)c1sccc1C(F)(F)F. The molecule has 10 heteroatoms. The van der Waals surface area contributed by atoms with E-state index in [-0.39, 0.29) is 11.4 Å². The van der Waals surface area contributed by atoms with E-state index in [4.69, 9.17) is 0 Å². The van der Waals surface area contributed by atoms with Gasteiger partial charge in [0.25, 0.3) is 5.91 Å². The van der Waals surface area contributed by atoms with Crippen LogP contribution in [0.25, 0.3) is 0 Å². The van der Waals surface area contributed by atoms with Gasteiger partial charge >= 0.3 is 12.4 Å². The molecule has 0 spiro atoms. The lowest BCUT2D eigenvalue weighted by Gasteiger charge is -2.14. The summed E-state index contributed by atoms with van der Waals surface area (Å²) < 4.78 is 79.5. The van der Waals surface area contributed by atoms with Crippen molar-refractivity contribution in [2.75, 3.05) is 11.9 Å². The lowest BCUT2D eigenvalue weighted by Crippen LogP contribution is -2.21. The van der Waals surface area contributed by atoms with E-state index in [2.05, 4.69) is 10.1 Å². The molecule has 0 aliphatic heterocycles. The summed E-state index contributed by atoms with van der Waals surface area (Å²) in [7, 11) is 0. The molecule has 1 aromatic heterocycles. The Labute approximate surface area is 135 Å². The molecule has 0 saturated carbocycles. The minimum atomic E-state index is -4.71. The summed E-state index contributed by atoms with van der Waals surface area (Å²) in [5, 5.41) is 3.24. The molecule has 0 aliphatic carbocycles. The van der Waals surface area contributed by atoms with Crippen LogP contribution in [0.15, 0.2) is 35.7 Å². The predicted octanol–water partition coefficient (Wildman–Crippen LogP) is 4.96. The molecule has 0 bridgehead atoms. The van der Waals surface area contributed by atoms with Crippen molar-refractivity contribution in [3.8, 4) is 5.75 Å². The van der Waals surface area contributed by atoms with Crippen molar-refractivity contribution in [2.45, 2.75) is 12.4 Å². The Morgan fingerprint density at radius 1 is 1.08 bits per heavy atom. The number of amides is 1. The molecule has 0 saturated heterocycles. The molecule has 24 heavy (non-hydrogen) atoms. The number of rotatable bonds is 4. The highest BCUT2D eigenvalue weighted by Crippen LogP contribution is 2.35. The van der Waals surface area contributed by atoms with Crippen LogP contribution >= 0.6 is 11.3 Å². The minimum Gasteiger partial charge on any atom is -0.482 e. The van der Waals surface area contributed by atoms with E-state index >= 15 is 0 Å². The molecule has 0 fully saturated rings. The van der Waals surface area contributed by atoms with Crippen LogP contribution in [0.3, 0.4) is 0 Å². The number of hydrogen-bond acceptors (Lipinski definition) is 3. The second-order valence-corrected chi connectivity index (χ2v) is 5.43. The quantitative estimate of drug-likeness (QED) is 0.774. The molecule has 1 N–H and O–H groups in total. The summed E-state index contributed by atoms with van der Waals surface area (Å²) in [6, 6.07) is 5.92. The number of para-hydroxylation sites is 2. The van der Waals surface area contributed by atoms with Gasteiger partial charge in [0.1, 0.15) is 10.6 Å². The summed E-state index contributed by atoms with van der Waals surface area (Å²) in [6.45, 7) is -1.59. The zero-order chi connectivity index (χ0) is 18.0. The zero-order valence-electron chi connectivity index (χ0n) is 11.7. The van der Waals surface area contributed by atoms with Crippen LogP contribution in [0.5, 0.6) is 5.75 Å². The fraction of sp³-hybridized carbons (Fsp3) is 0.214. The normalized spacial score (nSPS) is 12.1. The monoisotopic (exact) mass is 369 g/mol. The summed E-state index contributed by atoms with van der Waals surface area (Å²) in [5.41, 5.74) is -1.27. The van der Waals surface area contributed by atoms with E-state index in [1.807, 2.05) is 0 Å². The average molecular weight is 369 g/mol. The van der Waals surface area contributed by atoms with Crippen LogP contribution in [0, 0.1) is 0 Å². The lowest BCUT2D eigenvalue weighted by atomic mass is 10.2. The molecule has 1 heterocycles. The number of ether oxygens (including phenoxy) is 1. The highest BCUT2D eigenvalue weighted by Gasteiger charge is 2.36. The summed E-state index contributed by atoms with van der Waals surface area (Å²) in [4.78, 5) is 11.4. The highest BCUT2D eigenvalue weighted by atomic mass is 32.1. The minimum absolute atomic E-state index is 0.159. The van der Waals surface area contributed by atoms with Gasteiger partial charge in [-0.25, -0.2) is 0 Å². The van der Waals surface area contributed by atoms with Gasteiger partial charge in [0.05, 0.1) is 11.3 Å². The number of benzene rings is 1. The van der Waals surface area contributed by atoms with E-state index in [0.717, 1.165) is 11.4 Å². The van der Waals surface area contributed by atoms with Crippen LogP contribution in [0.2, 0.25) is 0 Å². The summed E-state index contributed by atoms with van der Waals surface area (Å²) in [6.07, 6.45) is -9.30. The third-order valence-electron chi connectivity index (χ3n) is 2.70. The molecular weight excluding hydrogens is 360 g/mol. The van der Waals surface area contributed by atoms with Crippen LogP contribution in [0.4, 0.5) is 32.0 Å². The van der Waals surface area contributed by atoms with Gasteiger partial charge in [0.15, 0.2) is 6.61 Å². The first-order valence-electron chi connectivity index (χ1n) is 6.32. The van der Waals surface area contributed by atoms with Crippen LogP contribution in [0.1, 0.15) is 15.2 Å². The van der Waals surface area contributed by atoms with Gasteiger partial charge in [0.2, 0.25) is 0 Å². The van der Waals surface area contributed by atoms with E-state index in [1.54, 1.807) is 0 Å². The Kier molecular flexibility index (Phi) is 5.07. The van der Waals surface area contributed by atoms with Crippen molar-refractivity contribution in [2.24, 2.45) is 0 Å². The fourth-order valence-electron chi connectivity index (χ4n) is 1.74. The third kappa shape index (κ3) is 4.63. The number of carbonyl (C=O) groups excluding carboxylic acids is 1. The van der Waals surface area contributed by atoms with Gasteiger partial charge in [-0.05, 0) is 23.6 Å². The van der Waals surface area contributed by atoms with Crippen LogP contribution < -0.4 is 10.1 Å². The molecule has 0 atom stereocenters. The van der Waals surface area contributed by atoms with E-state index in [9.17, 15) is 31.1 Å². The number of alkyl halides is 6. The molecule has 3 nitrogen and oxygen atoms in total. The second-order valence-electron chi connectivity index (χ2n) is 4.52. The first kappa shape index (κ1) is 18.1. The Balaban J connectivity index is 2.20. The molecule has 130 valence electrons. The van der Waals surface area contributed by atoms with Crippen molar-refractivity contribution in [3.05, 3.63) is 46.2 Å². The second kappa shape index (κ2) is 6.71. The maximum atomic E-state index is 12.8. The van der Waals surface area contributed by atoms with Crippen molar-refractivity contribution >= 4 is 22.9 Å². The molecule has 1 aromatic carbocycles. The molecule has 2 aromatic rings. The fourth-order valence-corrected chi connectivity index (χ4v) is 2.55. The zero-order valence-corrected chi connectivity index (χ0v) is 12.5. The van der Waals surface area contributed by atoms with Gasteiger partial charge in [0, 0.05) is 0 Å². The van der Waals surface area contributed by atoms with E-state index in [1.165, 1.54) is 24.3 Å². The van der Waals surface area contributed by atoms with Crippen molar-refractivity contribution in [3.63, 3.8) is 0 Å². The van der Waals surface area contributed by atoms with Gasteiger partial charge in [-0.15, -0.1) is 11.3 Å². The smallest absolute Gasteiger partial charge is 0.422 e. The van der Waals surface area contributed by atoms with Gasteiger partial charge in [-0.1, -0.05) is 12.1 Å². The Morgan fingerprint density at radius 3 is 2.38 bits per heavy atom. The third-order valence-corrected chi connectivity index (χ3v) is 3.62. The van der Waals surface area contributed by atoms with Gasteiger partial charge in [-0.2, -0.15) is 26.3 Å². The molecule has 0 unspecified atom stereocenters. The maximum Gasteiger partial charge on any atom is 0.422 e. The number of hydrogen-bond donors (Lipinski definition) is 1. The predicted molar refractivity (Wildman–Crippen MR) is 75.3 cm³/mol. The average Bonchev–Trinajstić information content (AvgIpc) is 2.95. The first-order valence-corrected chi connectivity index (χ1v) is 7.20.